The lowest BCUT2D eigenvalue weighted by atomic mass is 10.1. The first-order valence-electron chi connectivity index (χ1n) is 7.23. The minimum Gasteiger partial charge on any atom is -0.389 e. The van der Waals surface area contributed by atoms with Crippen LogP contribution >= 0.6 is 12.2 Å². The molecule has 0 amide bonds. The van der Waals surface area contributed by atoms with E-state index >= 15 is 0 Å². The number of nitrogens with zero attached hydrogens (tertiary/aromatic N) is 1. The summed E-state index contributed by atoms with van der Waals surface area (Å²) < 4.78 is 0. The van der Waals surface area contributed by atoms with Crippen LogP contribution in [-0.2, 0) is 13.1 Å². The van der Waals surface area contributed by atoms with Gasteiger partial charge < -0.3 is 5.73 Å². The summed E-state index contributed by atoms with van der Waals surface area (Å²) in [6.07, 6.45) is 0. The molecule has 2 aromatic carbocycles. The second kappa shape index (κ2) is 7.34. The first-order chi connectivity index (χ1) is 10.1. The van der Waals surface area contributed by atoms with Gasteiger partial charge in [0.2, 0.25) is 0 Å². The molecule has 110 valence electrons. The lowest BCUT2D eigenvalue weighted by Gasteiger charge is -2.27. The SMILES string of the molecule is CC(C)N(Cc1ccccc1)Cc1ccccc1C(N)=S. The molecule has 0 aliphatic rings. The Morgan fingerprint density at radius 2 is 1.62 bits per heavy atom. The fourth-order valence-electron chi connectivity index (χ4n) is 2.36. The van der Waals surface area contributed by atoms with Crippen LogP contribution in [0.1, 0.15) is 30.5 Å². The fraction of sp³-hybridized carbons (Fsp3) is 0.278. The van der Waals surface area contributed by atoms with Gasteiger partial charge in [-0.05, 0) is 25.0 Å². The van der Waals surface area contributed by atoms with E-state index in [0.717, 1.165) is 18.7 Å². The second-order valence-corrected chi connectivity index (χ2v) is 5.95. The van der Waals surface area contributed by atoms with Crippen molar-refractivity contribution in [2.75, 3.05) is 0 Å². The van der Waals surface area contributed by atoms with Gasteiger partial charge in [0.15, 0.2) is 0 Å². The number of thiocarbonyl (C=S) groups is 1. The van der Waals surface area contributed by atoms with Crippen molar-refractivity contribution in [1.29, 1.82) is 0 Å². The third-order valence-electron chi connectivity index (χ3n) is 3.62. The van der Waals surface area contributed by atoms with Crippen molar-refractivity contribution in [2.45, 2.75) is 33.0 Å². The molecule has 3 heteroatoms. The van der Waals surface area contributed by atoms with Gasteiger partial charge in [-0.2, -0.15) is 0 Å². The van der Waals surface area contributed by atoms with Crippen LogP contribution in [0.5, 0.6) is 0 Å². The van der Waals surface area contributed by atoms with Crippen molar-refractivity contribution in [3.05, 3.63) is 71.3 Å². The van der Waals surface area contributed by atoms with Crippen molar-refractivity contribution in [3.8, 4) is 0 Å². The molecule has 0 spiro atoms. The van der Waals surface area contributed by atoms with Crippen molar-refractivity contribution >= 4 is 17.2 Å². The highest BCUT2D eigenvalue weighted by molar-refractivity contribution is 7.80. The van der Waals surface area contributed by atoms with Crippen LogP contribution in [0, 0.1) is 0 Å². The molecule has 0 aliphatic carbocycles. The van der Waals surface area contributed by atoms with E-state index in [1.807, 2.05) is 24.3 Å². The van der Waals surface area contributed by atoms with E-state index in [1.165, 1.54) is 11.1 Å². The van der Waals surface area contributed by atoms with Gasteiger partial charge in [0.25, 0.3) is 0 Å². The summed E-state index contributed by atoms with van der Waals surface area (Å²) in [5.74, 6) is 0. The Labute approximate surface area is 132 Å². The zero-order valence-electron chi connectivity index (χ0n) is 12.6. The van der Waals surface area contributed by atoms with Gasteiger partial charge in [-0.1, -0.05) is 66.8 Å². The molecule has 2 aromatic rings. The minimum absolute atomic E-state index is 0.449. The molecule has 0 heterocycles. The number of rotatable bonds is 6. The average molecular weight is 298 g/mol. The van der Waals surface area contributed by atoms with Gasteiger partial charge in [0.1, 0.15) is 4.99 Å². The highest BCUT2D eigenvalue weighted by Crippen LogP contribution is 2.16. The van der Waals surface area contributed by atoms with E-state index in [-0.39, 0.29) is 0 Å². The summed E-state index contributed by atoms with van der Waals surface area (Å²) in [4.78, 5) is 2.89. The quantitative estimate of drug-likeness (QED) is 0.824. The van der Waals surface area contributed by atoms with Crippen LogP contribution in [0.15, 0.2) is 54.6 Å². The van der Waals surface area contributed by atoms with E-state index in [9.17, 15) is 0 Å². The molecule has 0 saturated carbocycles. The molecule has 2 nitrogen and oxygen atoms in total. The maximum absolute atomic E-state index is 5.83. The summed E-state index contributed by atoms with van der Waals surface area (Å²) in [7, 11) is 0. The Morgan fingerprint density at radius 3 is 2.24 bits per heavy atom. The average Bonchev–Trinajstić information content (AvgIpc) is 2.48. The van der Waals surface area contributed by atoms with Crippen molar-refractivity contribution in [2.24, 2.45) is 5.73 Å². The van der Waals surface area contributed by atoms with Gasteiger partial charge in [0, 0.05) is 24.7 Å². The monoisotopic (exact) mass is 298 g/mol. The van der Waals surface area contributed by atoms with E-state index in [1.54, 1.807) is 0 Å². The number of hydrogen-bond donors (Lipinski definition) is 1. The van der Waals surface area contributed by atoms with Gasteiger partial charge in [-0.15, -0.1) is 0 Å². The maximum atomic E-state index is 5.83. The summed E-state index contributed by atoms with van der Waals surface area (Å²) in [5, 5.41) is 0. The zero-order chi connectivity index (χ0) is 15.2. The number of nitrogens with two attached hydrogens (primary N) is 1. The molecule has 21 heavy (non-hydrogen) atoms. The van der Waals surface area contributed by atoms with E-state index < -0.39 is 0 Å². The summed E-state index contributed by atoms with van der Waals surface area (Å²) in [6, 6.07) is 19.1. The molecule has 0 saturated heterocycles. The van der Waals surface area contributed by atoms with Crippen LogP contribution in [-0.4, -0.2) is 15.9 Å². The predicted octanol–water partition coefficient (Wildman–Crippen LogP) is 3.73. The summed E-state index contributed by atoms with van der Waals surface area (Å²) in [5.41, 5.74) is 9.32. The fourth-order valence-corrected chi connectivity index (χ4v) is 2.56. The lowest BCUT2D eigenvalue weighted by molar-refractivity contribution is 0.203. The summed E-state index contributed by atoms with van der Waals surface area (Å²) >= 11 is 5.16. The van der Waals surface area contributed by atoms with Crippen molar-refractivity contribution in [3.63, 3.8) is 0 Å². The lowest BCUT2D eigenvalue weighted by Crippen LogP contribution is -2.30. The van der Waals surface area contributed by atoms with Gasteiger partial charge in [-0.3, -0.25) is 4.90 Å². The third-order valence-corrected chi connectivity index (χ3v) is 3.83. The van der Waals surface area contributed by atoms with Gasteiger partial charge in [-0.25, -0.2) is 0 Å². The molecule has 2 N–H and O–H groups in total. The molecule has 0 aliphatic heterocycles. The Kier molecular flexibility index (Phi) is 5.48. The van der Waals surface area contributed by atoms with Crippen LogP contribution in [0.25, 0.3) is 0 Å². The molecular weight excluding hydrogens is 276 g/mol. The number of benzene rings is 2. The standard InChI is InChI=1S/C18H22N2S/c1-14(2)20(12-15-8-4-3-5-9-15)13-16-10-6-7-11-17(16)18(19)21/h3-11,14H,12-13H2,1-2H3,(H2,19,21). The Bertz CT molecular complexity index is 593. The number of hydrogen-bond acceptors (Lipinski definition) is 2. The molecule has 0 atom stereocenters. The zero-order valence-corrected chi connectivity index (χ0v) is 13.4. The molecular formula is C18H22N2S. The Morgan fingerprint density at radius 1 is 1.00 bits per heavy atom. The predicted molar refractivity (Wildman–Crippen MR) is 93.2 cm³/mol. The molecule has 0 radical (unpaired) electrons. The highest BCUT2D eigenvalue weighted by atomic mass is 32.1. The van der Waals surface area contributed by atoms with E-state index in [0.29, 0.717) is 11.0 Å². The van der Waals surface area contributed by atoms with Crippen LogP contribution < -0.4 is 5.73 Å². The molecule has 0 unspecified atom stereocenters. The Hall–Kier alpha value is -1.71. The second-order valence-electron chi connectivity index (χ2n) is 5.51. The van der Waals surface area contributed by atoms with E-state index in [4.69, 9.17) is 18.0 Å². The minimum atomic E-state index is 0.449. The normalized spacial score (nSPS) is 11.0. The Balaban J connectivity index is 2.19. The van der Waals surface area contributed by atoms with Crippen LogP contribution in [0.3, 0.4) is 0 Å². The molecule has 0 bridgehead atoms. The smallest absolute Gasteiger partial charge is 0.104 e. The van der Waals surface area contributed by atoms with Crippen LogP contribution in [0.4, 0.5) is 0 Å². The molecule has 2 rings (SSSR count). The van der Waals surface area contributed by atoms with Crippen molar-refractivity contribution < 1.29 is 0 Å². The first-order valence-corrected chi connectivity index (χ1v) is 7.64. The van der Waals surface area contributed by atoms with Crippen molar-refractivity contribution in [1.82, 2.24) is 4.90 Å². The van der Waals surface area contributed by atoms with Gasteiger partial charge >= 0.3 is 0 Å². The molecule has 0 aromatic heterocycles. The third kappa shape index (κ3) is 4.38. The summed E-state index contributed by atoms with van der Waals surface area (Å²) in [6.45, 7) is 6.20. The largest absolute Gasteiger partial charge is 0.389 e. The van der Waals surface area contributed by atoms with Crippen LogP contribution in [0.2, 0.25) is 0 Å². The first kappa shape index (κ1) is 15.7. The highest BCUT2D eigenvalue weighted by Gasteiger charge is 2.13. The maximum Gasteiger partial charge on any atom is 0.104 e. The van der Waals surface area contributed by atoms with E-state index in [2.05, 4.69) is 49.1 Å². The topological polar surface area (TPSA) is 29.3 Å². The molecule has 0 fully saturated rings. The van der Waals surface area contributed by atoms with Gasteiger partial charge in [0.05, 0.1) is 0 Å².